The molecule has 0 aliphatic rings. The molecule has 2 unspecified atom stereocenters. The summed E-state index contributed by atoms with van der Waals surface area (Å²) in [4.78, 5) is 21.5. The Bertz CT molecular complexity index is 491. The van der Waals surface area contributed by atoms with Gasteiger partial charge in [0.2, 0.25) is 0 Å². The van der Waals surface area contributed by atoms with E-state index in [0.717, 1.165) is 11.8 Å². The number of benzene rings is 1. The van der Waals surface area contributed by atoms with Gasteiger partial charge >= 0.3 is 5.97 Å². The predicted octanol–water partition coefficient (Wildman–Crippen LogP) is 1.71. The van der Waals surface area contributed by atoms with Crippen LogP contribution in [0.2, 0.25) is 5.02 Å². The second kappa shape index (κ2) is 6.91. The molecule has 19 heavy (non-hydrogen) atoms. The smallest absolute Gasteiger partial charge is 0.337 e. The molecule has 1 aromatic rings. The number of hydrogen-bond donors (Lipinski definition) is 3. The minimum atomic E-state index is -1.23. The van der Waals surface area contributed by atoms with Crippen LogP contribution in [0, 0.1) is 0 Å². The van der Waals surface area contributed by atoms with Crippen LogP contribution in [0.4, 0.5) is 0 Å². The maximum absolute atomic E-state index is 10.8. The monoisotopic (exact) mass is 304 g/mol. The van der Waals surface area contributed by atoms with Crippen molar-refractivity contribution in [3.05, 3.63) is 34.3 Å². The first-order chi connectivity index (χ1) is 8.82. The quantitative estimate of drug-likeness (QED) is 0.766. The molecular weight excluding hydrogens is 292 g/mol. The van der Waals surface area contributed by atoms with Crippen molar-refractivity contribution in [1.29, 1.82) is 0 Å². The van der Waals surface area contributed by atoms with Gasteiger partial charge in [0, 0.05) is 12.7 Å². The summed E-state index contributed by atoms with van der Waals surface area (Å²) in [6, 6.07) is 3.92. The Hall–Kier alpha value is -1.08. The number of aromatic carboxylic acids is 1. The van der Waals surface area contributed by atoms with Crippen LogP contribution in [-0.4, -0.2) is 38.3 Å². The van der Waals surface area contributed by atoms with Gasteiger partial charge in [-0.3, -0.25) is 4.79 Å². The van der Waals surface area contributed by atoms with Crippen LogP contribution in [0.5, 0.6) is 0 Å². The Morgan fingerprint density at radius 2 is 2.00 bits per heavy atom. The number of aliphatic hydroxyl groups is 2. The number of carboxylic acid groups (broad SMARTS) is 1. The van der Waals surface area contributed by atoms with E-state index in [1.165, 1.54) is 25.1 Å². The fourth-order valence-electron chi connectivity index (χ4n) is 1.40. The second-order valence-corrected chi connectivity index (χ2v) is 5.46. The summed E-state index contributed by atoms with van der Waals surface area (Å²) in [5, 5.41) is 28.2. The normalized spacial score (nSPS) is 13.9. The molecule has 0 heterocycles. The van der Waals surface area contributed by atoms with Crippen molar-refractivity contribution in [3.63, 3.8) is 0 Å². The zero-order valence-electron chi connectivity index (χ0n) is 10.0. The summed E-state index contributed by atoms with van der Waals surface area (Å²) in [5.74, 6) is -1.12. The molecule has 2 atom stereocenters. The molecule has 0 saturated heterocycles. The SMILES string of the molecule is CC(=O)SCC(O)C(O)c1ccc(C(=O)O)c(Cl)c1. The molecule has 7 heteroatoms. The van der Waals surface area contributed by atoms with E-state index >= 15 is 0 Å². The van der Waals surface area contributed by atoms with E-state index in [9.17, 15) is 19.8 Å². The summed E-state index contributed by atoms with van der Waals surface area (Å²) in [6.45, 7) is 1.36. The Morgan fingerprint density at radius 1 is 1.37 bits per heavy atom. The van der Waals surface area contributed by atoms with Crippen LogP contribution in [0.25, 0.3) is 0 Å². The number of aliphatic hydroxyl groups excluding tert-OH is 2. The molecule has 1 aromatic carbocycles. The highest BCUT2D eigenvalue weighted by molar-refractivity contribution is 8.13. The molecule has 0 bridgehead atoms. The van der Waals surface area contributed by atoms with Gasteiger partial charge in [-0.1, -0.05) is 29.4 Å². The Labute approximate surface area is 119 Å². The van der Waals surface area contributed by atoms with Crippen LogP contribution in [0.3, 0.4) is 0 Å². The van der Waals surface area contributed by atoms with Crippen LogP contribution in [-0.2, 0) is 4.79 Å². The number of rotatable bonds is 5. The number of hydrogen-bond acceptors (Lipinski definition) is 5. The highest BCUT2D eigenvalue weighted by Crippen LogP contribution is 2.25. The summed E-state index contributed by atoms with van der Waals surface area (Å²) >= 11 is 6.67. The van der Waals surface area contributed by atoms with Gasteiger partial charge in [-0.15, -0.1) is 0 Å². The van der Waals surface area contributed by atoms with E-state index in [0.29, 0.717) is 5.56 Å². The first kappa shape index (κ1) is 16.0. The maximum atomic E-state index is 10.8. The van der Waals surface area contributed by atoms with Crippen molar-refractivity contribution < 1.29 is 24.9 Å². The van der Waals surface area contributed by atoms with Gasteiger partial charge in [0.1, 0.15) is 6.10 Å². The molecule has 0 aromatic heterocycles. The lowest BCUT2D eigenvalue weighted by Crippen LogP contribution is -2.21. The third-order valence-corrected chi connectivity index (χ3v) is 3.61. The van der Waals surface area contributed by atoms with E-state index in [1.54, 1.807) is 0 Å². The van der Waals surface area contributed by atoms with Crippen molar-refractivity contribution in [2.75, 3.05) is 5.75 Å². The molecule has 1 rings (SSSR count). The van der Waals surface area contributed by atoms with Gasteiger partial charge in [-0.05, 0) is 17.7 Å². The number of carboxylic acids is 1. The molecular formula is C12H13ClO5S. The highest BCUT2D eigenvalue weighted by Gasteiger charge is 2.20. The largest absolute Gasteiger partial charge is 0.478 e. The van der Waals surface area contributed by atoms with Crippen LogP contribution in [0.15, 0.2) is 18.2 Å². The molecule has 5 nitrogen and oxygen atoms in total. The molecule has 0 aliphatic carbocycles. The average Bonchev–Trinajstić information content (AvgIpc) is 2.34. The Kier molecular flexibility index (Phi) is 5.81. The van der Waals surface area contributed by atoms with Crippen LogP contribution in [0.1, 0.15) is 28.9 Å². The zero-order chi connectivity index (χ0) is 14.6. The van der Waals surface area contributed by atoms with Gasteiger partial charge in [0.25, 0.3) is 0 Å². The first-order valence-corrected chi connectivity index (χ1v) is 6.71. The van der Waals surface area contributed by atoms with Crippen LogP contribution < -0.4 is 0 Å². The molecule has 0 fully saturated rings. The molecule has 0 spiro atoms. The lowest BCUT2D eigenvalue weighted by Gasteiger charge is -2.17. The fraction of sp³-hybridized carbons (Fsp3) is 0.333. The lowest BCUT2D eigenvalue weighted by atomic mass is 10.0. The van der Waals surface area contributed by atoms with Crippen molar-refractivity contribution >= 4 is 34.4 Å². The fourth-order valence-corrected chi connectivity index (χ4v) is 2.26. The van der Waals surface area contributed by atoms with E-state index in [-0.39, 0.29) is 21.5 Å². The van der Waals surface area contributed by atoms with Gasteiger partial charge in [-0.2, -0.15) is 0 Å². The van der Waals surface area contributed by atoms with Gasteiger partial charge in [-0.25, -0.2) is 4.79 Å². The second-order valence-electron chi connectivity index (χ2n) is 3.86. The average molecular weight is 305 g/mol. The number of thioether (sulfide) groups is 1. The molecule has 0 amide bonds. The highest BCUT2D eigenvalue weighted by atomic mass is 35.5. The molecule has 0 aliphatic heterocycles. The molecule has 0 saturated carbocycles. The van der Waals surface area contributed by atoms with Gasteiger partial charge in [0.05, 0.1) is 16.7 Å². The lowest BCUT2D eigenvalue weighted by molar-refractivity contribution is -0.109. The third-order valence-electron chi connectivity index (χ3n) is 2.39. The van der Waals surface area contributed by atoms with E-state index in [4.69, 9.17) is 16.7 Å². The van der Waals surface area contributed by atoms with Gasteiger partial charge in [0.15, 0.2) is 5.12 Å². The Balaban J connectivity index is 2.82. The zero-order valence-corrected chi connectivity index (χ0v) is 11.6. The Morgan fingerprint density at radius 3 is 2.47 bits per heavy atom. The van der Waals surface area contributed by atoms with Gasteiger partial charge < -0.3 is 15.3 Å². The van der Waals surface area contributed by atoms with E-state index in [1.807, 2.05) is 0 Å². The van der Waals surface area contributed by atoms with Crippen molar-refractivity contribution in [3.8, 4) is 0 Å². The number of carbonyl (C=O) groups is 2. The number of halogens is 1. The van der Waals surface area contributed by atoms with Crippen molar-refractivity contribution in [1.82, 2.24) is 0 Å². The topological polar surface area (TPSA) is 94.8 Å². The van der Waals surface area contributed by atoms with Crippen LogP contribution >= 0.6 is 23.4 Å². The summed E-state index contributed by atoms with van der Waals surface area (Å²) < 4.78 is 0. The molecule has 3 N–H and O–H groups in total. The van der Waals surface area contributed by atoms with E-state index < -0.39 is 18.2 Å². The van der Waals surface area contributed by atoms with Crippen molar-refractivity contribution in [2.45, 2.75) is 19.1 Å². The predicted molar refractivity (Wildman–Crippen MR) is 72.5 cm³/mol. The molecule has 104 valence electrons. The van der Waals surface area contributed by atoms with Crippen molar-refractivity contribution in [2.24, 2.45) is 0 Å². The summed E-state index contributed by atoms with van der Waals surface area (Å²) in [5.41, 5.74) is 0.219. The van der Waals surface area contributed by atoms with E-state index in [2.05, 4.69) is 0 Å². The third kappa shape index (κ3) is 4.50. The minimum Gasteiger partial charge on any atom is -0.478 e. The summed E-state index contributed by atoms with van der Waals surface area (Å²) in [6.07, 6.45) is -2.37. The number of carbonyl (C=O) groups excluding carboxylic acids is 1. The first-order valence-electron chi connectivity index (χ1n) is 5.35. The minimum absolute atomic E-state index is 0.0181. The molecule has 0 radical (unpaired) electrons. The standard InChI is InChI=1S/C12H13ClO5S/c1-6(14)19-5-10(15)11(16)7-2-3-8(12(17)18)9(13)4-7/h2-4,10-11,15-16H,5H2,1H3,(H,17,18). The maximum Gasteiger partial charge on any atom is 0.337 e. The summed E-state index contributed by atoms with van der Waals surface area (Å²) in [7, 11) is 0.